The molecule has 0 aliphatic heterocycles. The molecule has 2 nitrogen and oxygen atoms in total. The number of aromatic nitrogens is 1. The van der Waals surface area contributed by atoms with Crippen molar-refractivity contribution in [3.63, 3.8) is 0 Å². The lowest BCUT2D eigenvalue weighted by Gasteiger charge is -2.21. The van der Waals surface area contributed by atoms with Crippen molar-refractivity contribution >= 4 is 39.0 Å². The van der Waals surface area contributed by atoms with Gasteiger partial charge in [-0.3, -0.25) is 0 Å². The number of benzene rings is 1. The minimum absolute atomic E-state index is 0.683. The summed E-state index contributed by atoms with van der Waals surface area (Å²) in [5, 5.41) is 2.56. The molecule has 1 aliphatic carbocycles. The number of alkyl halides is 1. The quantitative estimate of drug-likeness (QED) is 0.775. The Bertz CT molecular complexity index is 492. The van der Waals surface area contributed by atoms with Gasteiger partial charge in [-0.1, -0.05) is 12.1 Å². The first-order valence-electron chi connectivity index (χ1n) is 5.57. The van der Waals surface area contributed by atoms with Crippen LogP contribution in [0.25, 0.3) is 10.9 Å². The molecule has 84 valence electrons. The van der Waals surface area contributed by atoms with Gasteiger partial charge in [-0.15, -0.1) is 11.6 Å². The van der Waals surface area contributed by atoms with E-state index in [2.05, 4.69) is 27.5 Å². The van der Waals surface area contributed by atoms with E-state index >= 15 is 0 Å². The standard InChI is InChI=1S/C12H13ClN2S/c13-7-8-15(9-5-6-9)12-10-3-1-2-4-11(10)14-16-12/h1-4,9H,5-8H2. The van der Waals surface area contributed by atoms with Crippen LogP contribution in [-0.4, -0.2) is 22.8 Å². The molecule has 0 spiro atoms. The van der Waals surface area contributed by atoms with Gasteiger partial charge in [-0.25, -0.2) is 0 Å². The smallest absolute Gasteiger partial charge is 0.120 e. The molecule has 0 amide bonds. The number of rotatable bonds is 4. The lowest BCUT2D eigenvalue weighted by Crippen LogP contribution is -2.26. The molecule has 1 aliphatic rings. The minimum atomic E-state index is 0.683. The van der Waals surface area contributed by atoms with Gasteiger partial charge < -0.3 is 4.90 Å². The third-order valence-corrected chi connectivity index (χ3v) is 4.02. The third-order valence-electron chi connectivity index (χ3n) is 2.94. The molecule has 0 atom stereocenters. The molecule has 0 N–H and O–H groups in total. The van der Waals surface area contributed by atoms with Gasteiger partial charge in [0.25, 0.3) is 0 Å². The van der Waals surface area contributed by atoms with E-state index in [9.17, 15) is 0 Å². The molecule has 0 saturated heterocycles. The largest absolute Gasteiger partial charge is 0.357 e. The Hall–Kier alpha value is -0.800. The normalized spacial score (nSPS) is 15.6. The second-order valence-electron chi connectivity index (χ2n) is 4.12. The Labute approximate surface area is 104 Å². The first-order valence-corrected chi connectivity index (χ1v) is 6.88. The zero-order chi connectivity index (χ0) is 11.0. The fourth-order valence-electron chi connectivity index (χ4n) is 2.01. The molecule has 0 radical (unpaired) electrons. The highest BCUT2D eigenvalue weighted by molar-refractivity contribution is 7.11. The Balaban J connectivity index is 2.02. The maximum atomic E-state index is 5.88. The lowest BCUT2D eigenvalue weighted by molar-refractivity contribution is 0.842. The van der Waals surface area contributed by atoms with Crippen LogP contribution >= 0.6 is 23.1 Å². The van der Waals surface area contributed by atoms with Crippen LogP contribution in [0.3, 0.4) is 0 Å². The summed E-state index contributed by atoms with van der Waals surface area (Å²) < 4.78 is 4.49. The molecule has 1 heterocycles. The molecular weight excluding hydrogens is 240 g/mol. The fourth-order valence-corrected chi connectivity index (χ4v) is 3.15. The third kappa shape index (κ3) is 1.78. The van der Waals surface area contributed by atoms with Crippen LogP contribution in [0.5, 0.6) is 0 Å². The topological polar surface area (TPSA) is 16.1 Å². The summed E-state index contributed by atoms with van der Waals surface area (Å²) in [6, 6.07) is 9.03. The number of anilines is 1. The molecule has 1 aromatic heterocycles. The fraction of sp³-hybridized carbons (Fsp3) is 0.417. The van der Waals surface area contributed by atoms with Crippen LogP contribution in [0.2, 0.25) is 0 Å². The van der Waals surface area contributed by atoms with Gasteiger partial charge in [-0.2, -0.15) is 4.37 Å². The van der Waals surface area contributed by atoms with Crippen molar-refractivity contribution in [2.24, 2.45) is 0 Å². The molecule has 1 saturated carbocycles. The average molecular weight is 253 g/mol. The highest BCUT2D eigenvalue weighted by Gasteiger charge is 2.30. The summed E-state index contributed by atoms with van der Waals surface area (Å²) in [6.45, 7) is 0.929. The summed E-state index contributed by atoms with van der Waals surface area (Å²) in [6.07, 6.45) is 2.59. The van der Waals surface area contributed by atoms with Crippen LogP contribution in [-0.2, 0) is 0 Å². The van der Waals surface area contributed by atoms with Crippen LogP contribution in [0, 0.1) is 0 Å². The van der Waals surface area contributed by atoms with Crippen LogP contribution in [0.4, 0.5) is 5.00 Å². The van der Waals surface area contributed by atoms with Crippen molar-refractivity contribution in [2.45, 2.75) is 18.9 Å². The maximum Gasteiger partial charge on any atom is 0.120 e. The van der Waals surface area contributed by atoms with Crippen molar-refractivity contribution < 1.29 is 0 Å². The Morgan fingerprint density at radius 1 is 1.38 bits per heavy atom. The van der Waals surface area contributed by atoms with E-state index in [1.54, 1.807) is 11.5 Å². The first-order chi connectivity index (χ1) is 7.90. The number of nitrogens with zero attached hydrogens (tertiary/aromatic N) is 2. The van der Waals surface area contributed by atoms with Gasteiger partial charge in [-0.05, 0) is 36.5 Å². The Morgan fingerprint density at radius 2 is 2.19 bits per heavy atom. The van der Waals surface area contributed by atoms with Crippen molar-refractivity contribution in [2.75, 3.05) is 17.3 Å². The zero-order valence-corrected chi connectivity index (χ0v) is 10.5. The van der Waals surface area contributed by atoms with Crippen molar-refractivity contribution in [3.05, 3.63) is 24.3 Å². The summed E-state index contributed by atoms with van der Waals surface area (Å²) >= 11 is 7.48. The molecule has 4 heteroatoms. The molecule has 1 aromatic carbocycles. The highest BCUT2D eigenvalue weighted by atomic mass is 35.5. The number of halogens is 1. The number of hydrogen-bond donors (Lipinski definition) is 0. The van der Waals surface area contributed by atoms with E-state index < -0.39 is 0 Å². The Morgan fingerprint density at radius 3 is 2.94 bits per heavy atom. The van der Waals surface area contributed by atoms with Crippen molar-refractivity contribution in [1.29, 1.82) is 0 Å². The molecule has 2 aromatic rings. The molecule has 0 unspecified atom stereocenters. The lowest BCUT2D eigenvalue weighted by atomic mass is 10.2. The SMILES string of the molecule is ClCCN(c1snc2ccccc12)C1CC1. The summed E-state index contributed by atoms with van der Waals surface area (Å²) in [5.41, 5.74) is 1.10. The summed E-state index contributed by atoms with van der Waals surface area (Å²) in [4.78, 5) is 2.42. The van der Waals surface area contributed by atoms with Gasteiger partial charge in [0.1, 0.15) is 5.00 Å². The average Bonchev–Trinajstić information content (AvgIpc) is 3.06. The van der Waals surface area contributed by atoms with Gasteiger partial charge in [0, 0.05) is 23.9 Å². The molecule has 3 rings (SSSR count). The molecule has 1 fully saturated rings. The van der Waals surface area contributed by atoms with E-state index in [-0.39, 0.29) is 0 Å². The molecule has 16 heavy (non-hydrogen) atoms. The highest BCUT2D eigenvalue weighted by Crippen LogP contribution is 2.38. The Kier molecular flexibility index (Phi) is 2.74. The predicted octanol–water partition coefficient (Wildman–Crippen LogP) is 3.50. The van der Waals surface area contributed by atoms with E-state index in [0.717, 1.165) is 12.1 Å². The van der Waals surface area contributed by atoms with Gasteiger partial charge in [0.2, 0.25) is 0 Å². The second-order valence-corrected chi connectivity index (χ2v) is 5.25. The second kappa shape index (κ2) is 4.22. The van der Waals surface area contributed by atoms with E-state index in [1.807, 2.05) is 6.07 Å². The van der Waals surface area contributed by atoms with E-state index in [0.29, 0.717) is 11.9 Å². The van der Waals surface area contributed by atoms with Gasteiger partial charge in [0.05, 0.1) is 5.52 Å². The predicted molar refractivity (Wildman–Crippen MR) is 70.7 cm³/mol. The van der Waals surface area contributed by atoms with Gasteiger partial charge in [0.15, 0.2) is 0 Å². The van der Waals surface area contributed by atoms with E-state index in [4.69, 9.17) is 11.6 Å². The number of fused-ring (bicyclic) bond motifs is 1. The number of hydrogen-bond acceptors (Lipinski definition) is 3. The van der Waals surface area contributed by atoms with Crippen molar-refractivity contribution in [3.8, 4) is 0 Å². The summed E-state index contributed by atoms with van der Waals surface area (Å²) in [7, 11) is 0. The minimum Gasteiger partial charge on any atom is -0.357 e. The maximum absolute atomic E-state index is 5.88. The molecular formula is C12H13ClN2S. The van der Waals surface area contributed by atoms with Gasteiger partial charge >= 0.3 is 0 Å². The van der Waals surface area contributed by atoms with Crippen LogP contribution < -0.4 is 4.90 Å². The molecule has 0 bridgehead atoms. The van der Waals surface area contributed by atoms with Crippen LogP contribution in [0.1, 0.15) is 12.8 Å². The van der Waals surface area contributed by atoms with Crippen molar-refractivity contribution in [1.82, 2.24) is 4.37 Å². The zero-order valence-electron chi connectivity index (χ0n) is 8.90. The van der Waals surface area contributed by atoms with E-state index in [1.165, 1.54) is 23.2 Å². The first kappa shape index (κ1) is 10.4. The monoisotopic (exact) mass is 252 g/mol. The van der Waals surface area contributed by atoms with Crippen LogP contribution in [0.15, 0.2) is 24.3 Å². The summed E-state index contributed by atoms with van der Waals surface area (Å²) in [5.74, 6) is 0.683.